The van der Waals surface area contributed by atoms with Gasteiger partial charge in [-0.25, -0.2) is 14.8 Å². The summed E-state index contributed by atoms with van der Waals surface area (Å²) in [5, 5.41) is 9.89. The van der Waals surface area contributed by atoms with Gasteiger partial charge in [0.25, 0.3) is 5.56 Å². The van der Waals surface area contributed by atoms with Gasteiger partial charge in [0.2, 0.25) is 5.95 Å². The maximum atomic E-state index is 13.9. The number of fused-ring (bicyclic) bond motifs is 1. The van der Waals surface area contributed by atoms with Crippen molar-refractivity contribution in [1.29, 1.82) is 0 Å². The summed E-state index contributed by atoms with van der Waals surface area (Å²) < 4.78 is 12.9. The first-order valence-electron chi connectivity index (χ1n) is 14.7. The first-order chi connectivity index (χ1) is 20.1. The summed E-state index contributed by atoms with van der Waals surface area (Å²) in [6, 6.07) is 3.75. The van der Waals surface area contributed by atoms with Crippen LogP contribution in [0.2, 0.25) is 0 Å². The van der Waals surface area contributed by atoms with Crippen molar-refractivity contribution in [1.82, 2.24) is 24.8 Å². The second-order valence-electron chi connectivity index (χ2n) is 11.6. The highest BCUT2D eigenvalue weighted by Crippen LogP contribution is 2.33. The van der Waals surface area contributed by atoms with Gasteiger partial charge in [-0.1, -0.05) is 32.8 Å². The Labute approximate surface area is 247 Å². The summed E-state index contributed by atoms with van der Waals surface area (Å²) in [5.41, 5.74) is 2.02. The Bertz CT molecular complexity index is 1460. The SMILES string of the molecule is C=C(OCCCC)c1c(C)c2cnc(Nc3ccc(NCCNC(=O)OC(C)(C)C)cn3)nc2n(C2CCCC2)c1=O. The van der Waals surface area contributed by atoms with Crippen LogP contribution in [0.3, 0.4) is 0 Å². The number of amides is 1. The maximum absolute atomic E-state index is 13.9. The number of unbranched alkanes of at least 4 members (excludes halogenated alkanes) is 1. The molecule has 0 atom stereocenters. The van der Waals surface area contributed by atoms with Crippen LogP contribution >= 0.6 is 0 Å². The molecule has 0 spiro atoms. The molecule has 0 radical (unpaired) electrons. The van der Waals surface area contributed by atoms with E-state index in [4.69, 9.17) is 14.5 Å². The van der Waals surface area contributed by atoms with Gasteiger partial charge >= 0.3 is 6.09 Å². The number of ether oxygens (including phenoxy) is 2. The second-order valence-corrected chi connectivity index (χ2v) is 11.6. The van der Waals surface area contributed by atoms with Crippen LogP contribution in [-0.2, 0) is 9.47 Å². The summed E-state index contributed by atoms with van der Waals surface area (Å²) >= 11 is 0. The topological polar surface area (TPSA) is 132 Å². The van der Waals surface area contributed by atoms with Gasteiger partial charge in [-0.2, -0.15) is 4.98 Å². The quantitative estimate of drug-likeness (QED) is 0.173. The number of rotatable bonds is 12. The highest BCUT2D eigenvalue weighted by molar-refractivity contribution is 5.84. The minimum absolute atomic E-state index is 0.0684. The van der Waals surface area contributed by atoms with Crippen molar-refractivity contribution < 1.29 is 14.3 Å². The molecular weight excluding hydrogens is 534 g/mol. The first-order valence-corrected chi connectivity index (χ1v) is 14.7. The number of aromatic nitrogens is 4. The van der Waals surface area contributed by atoms with Crippen LogP contribution in [0.25, 0.3) is 16.8 Å². The molecule has 0 bridgehead atoms. The summed E-state index contributed by atoms with van der Waals surface area (Å²) in [7, 11) is 0. The van der Waals surface area contributed by atoms with Crippen LogP contribution in [-0.4, -0.2) is 50.9 Å². The number of pyridine rings is 2. The number of nitrogens with zero attached hydrogens (tertiary/aromatic N) is 4. The number of carbonyl (C=O) groups excluding carboxylic acids is 1. The molecule has 11 heteroatoms. The lowest BCUT2D eigenvalue weighted by molar-refractivity contribution is 0.0530. The van der Waals surface area contributed by atoms with E-state index in [2.05, 4.69) is 39.4 Å². The Morgan fingerprint density at radius 3 is 2.57 bits per heavy atom. The predicted molar refractivity (Wildman–Crippen MR) is 166 cm³/mol. The molecule has 0 unspecified atom stereocenters. The molecule has 1 aliphatic carbocycles. The van der Waals surface area contributed by atoms with E-state index in [1.807, 2.05) is 44.4 Å². The summed E-state index contributed by atoms with van der Waals surface area (Å²) in [6.45, 7) is 15.0. The zero-order valence-electron chi connectivity index (χ0n) is 25.4. The van der Waals surface area contributed by atoms with E-state index in [1.165, 1.54) is 0 Å². The largest absolute Gasteiger partial charge is 0.493 e. The Balaban J connectivity index is 1.50. The maximum Gasteiger partial charge on any atom is 0.407 e. The van der Waals surface area contributed by atoms with Crippen molar-refractivity contribution >= 4 is 40.3 Å². The molecule has 0 aliphatic heterocycles. The Morgan fingerprint density at radius 1 is 1.14 bits per heavy atom. The van der Waals surface area contributed by atoms with Crippen LogP contribution in [0.5, 0.6) is 0 Å². The first kappa shape index (κ1) is 30.8. The van der Waals surface area contributed by atoms with Gasteiger partial charge in [-0.15, -0.1) is 0 Å². The summed E-state index contributed by atoms with van der Waals surface area (Å²) in [5.74, 6) is 1.32. The van der Waals surface area contributed by atoms with Gasteiger partial charge < -0.3 is 25.4 Å². The average molecular weight is 578 g/mol. The van der Waals surface area contributed by atoms with Crippen LogP contribution in [0.1, 0.15) is 83.4 Å². The number of nitrogens with one attached hydrogen (secondary N) is 3. The Hall–Kier alpha value is -4.15. The van der Waals surface area contributed by atoms with Gasteiger partial charge in [0.15, 0.2) is 0 Å². The normalized spacial score (nSPS) is 13.6. The van der Waals surface area contributed by atoms with E-state index in [9.17, 15) is 9.59 Å². The molecule has 0 saturated heterocycles. The van der Waals surface area contributed by atoms with E-state index in [1.54, 1.807) is 12.4 Å². The van der Waals surface area contributed by atoms with Gasteiger partial charge in [-0.05, 0) is 64.7 Å². The van der Waals surface area contributed by atoms with Crippen LogP contribution in [0.4, 0.5) is 22.2 Å². The Morgan fingerprint density at radius 2 is 1.90 bits per heavy atom. The molecule has 1 fully saturated rings. The minimum Gasteiger partial charge on any atom is -0.493 e. The van der Waals surface area contributed by atoms with E-state index in [-0.39, 0.29) is 11.6 Å². The van der Waals surface area contributed by atoms with Gasteiger partial charge in [0, 0.05) is 30.7 Å². The fourth-order valence-electron chi connectivity index (χ4n) is 5.01. The summed E-state index contributed by atoms with van der Waals surface area (Å²) in [6.07, 6.45) is 8.90. The molecule has 226 valence electrons. The third kappa shape index (κ3) is 7.77. The number of hydrogen-bond donors (Lipinski definition) is 3. The van der Waals surface area contributed by atoms with Crippen LogP contribution in [0.15, 0.2) is 35.9 Å². The van der Waals surface area contributed by atoms with Gasteiger partial charge in [-0.3, -0.25) is 9.36 Å². The molecule has 3 N–H and O–H groups in total. The molecule has 3 aromatic heterocycles. The molecular formula is C31H43N7O4. The number of carbonyl (C=O) groups is 1. The molecule has 3 aromatic rings. The van der Waals surface area contributed by atoms with Crippen molar-refractivity contribution in [3.63, 3.8) is 0 Å². The van der Waals surface area contributed by atoms with Crippen molar-refractivity contribution in [2.75, 3.05) is 30.3 Å². The predicted octanol–water partition coefficient (Wildman–Crippen LogP) is 6.08. The second kappa shape index (κ2) is 13.7. The monoisotopic (exact) mass is 577 g/mol. The zero-order chi connectivity index (χ0) is 30.3. The van der Waals surface area contributed by atoms with E-state index in [0.717, 1.165) is 55.2 Å². The molecule has 1 saturated carbocycles. The van der Waals surface area contributed by atoms with E-state index >= 15 is 0 Å². The van der Waals surface area contributed by atoms with Crippen molar-refractivity contribution in [3.8, 4) is 0 Å². The molecule has 1 aliphatic rings. The van der Waals surface area contributed by atoms with E-state index < -0.39 is 11.7 Å². The molecule has 11 nitrogen and oxygen atoms in total. The van der Waals surface area contributed by atoms with Gasteiger partial charge in [0.1, 0.15) is 22.8 Å². The fraction of sp³-hybridized carbons (Fsp3) is 0.516. The van der Waals surface area contributed by atoms with Crippen LogP contribution < -0.4 is 21.5 Å². The lowest BCUT2D eigenvalue weighted by Gasteiger charge is -2.21. The van der Waals surface area contributed by atoms with E-state index in [0.29, 0.717) is 48.4 Å². The highest BCUT2D eigenvalue weighted by Gasteiger charge is 2.26. The van der Waals surface area contributed by atoms with Gasteiger partial charge in [0.05, 0.1) is 24.1 Å². The molecule has 4 rings (SSSR count). The average Bonchev–Trinajstić information content (AvgIpc) is 3.46. The van der Waals surface area contributed by atoms with Crippen molar-refractivity contribution in [2.45, 2.75) is 84.8 Å². The third-order valence-electron chi connectivity index (χ3n) is 7.08. The van der Waals surface area contributed by atoms with Crippen molar-refractivity contribution in [2.24, 2.45) is 0 Å². The Kier molecular flexibility index (Phi) is 10.0. The third-order valence-corrected chi connectivity index (χ3v) is 7.08. The highest BCUT2D eigenvalue weighted by atomic mass is 16.6. The number of hydrogen-bond acceptors (Lipinski definition) is 9. The van der Waals surface area contributed by atoms with Crippen molar-refractivity contribution in [3.05, 3.63) is 52.6 Å². The lowest BCUT2D eigenvalue weighted by atomic mass is 10.0. The number of aryl methyl sites for hydroxylation is 1. The molecule has 3 heterocycles. The van der Waals surface area contributed by atoms with Crippen LogP contribution in [0, 0.1) is 6.92 Å². The number of alkyl carbamates (subject to hydrolysis) is 1. The number of anilines is 3. The molecule has 0 aromatic carbocycles. The standard InChI is InChI=1S/C31H43N7O4/c1-7-8-17-41-21(3)26-20(2)24-19-35-29(37-27(24)38(28(26)39)23-11-9-10-12-23)36-25-14-13-22(18-34-25)32-15-16-33-30(40)42-31(4,5)6/h13-14,18-19,23,32H,3,7-12,15-17H2,1-2,4-6H3,(H,33,40)(H,34,35,36,37). The minimum atomic E-state index is -0.535. The summed E-state index contributed by atoms with van der Waals surface area (Å²) in [4.78, 5) is 39.5. The lowest BCUT2D eigenvalue weighted by Crippen LogP contribution is -2.34. The molecule has 42 heavy (non-hydrogen) atoms. The fourth-order valence-corrected chi connectivity index (χ4v) is 5.01. The smallest absolute Gasteiger partial charge is 0.407 e. The zero-order valence-corrected chi connectivity index (χ0v) is 25.4. The molecule has 1 amide bonds.